The molecule has 2 heteroatoms. The highest BCUT2D eigenvalue weighted by molar-refractivity contribution is 5.98. The minimum absolute atomic E-state index is 0.831. The SMILES string of the molecule is CC=C(C)C1=C(O[SiH3])CCCC1. The molecular formula is C10H18OSi. The van der Waals surface area contributed by atoms with Crippen LogP contribution in [0.25, 0.3) is 0 Å². The molecule has 0 spiro atoms. The van der Waals surface area contributed by atoms with Crippen LogP contribution in [0.4, 0.5) is 0 Å². The summed E-state index contributed by atoms with van der Waals surface area (Å²) in [5.41, 5.74) is 2.87. The Kier molecular flexibility index (Phi) is 3.60. The van der Waals surface area contributed by atoms with Crippen LogP contribution in [0.5, 0.6) is 0 Å². The first-order chi connectivity index (χ1) is 5.79. The number of hydrogen-bond donors (Lipinski definition) is 0. The van der Waals surface area contributed by atoms with E-state index >= 15 is 0 Å². The van der Waals surface area contributed by atoms with Crippen LogP contribution in [0, 0.1) is 0 Å². The maximum absolute atomic E-state index is 5.50. The molecule has 0 radical (unpaired) electrons. The van der Waals surface area contributed by atoms with Gasteiger partial charge in [-0.2, -0.15) is 0 Å². The molecule has 0 aliphatic heterocycles. The molecule has 0 saturated carbocycles. The Labute approximate surface area is 78.0 Å². The van der Waals surface area contributed by atoms with Gasteiger partial charge in [0.25, 0.3) is 0 Å². The van der Waals surface area contributed by atoms with Crippen LogP contribution in [-0.2, 0) is 4.43 Å². The first-order valence-corrected chi connectivity index (χ1v) is 5.50. The summed E-state index contributed by atoms with van der Waals surface area (Å²) in [6.45, 7) is 4.28. The summed E-state index contributed by atoms with van der Waals surface area (Å²) in [5.74, 6) is 1.27. The van der Waals surface area contributed by atoms with Crippen LogP contribution in [0.15, 0.2) is 23.0 Å². The van der Waals surface area contributed by atoms with E-state index in [0.29, 0.717) is 0 Å². The number of rotatable bonds is 2. The van der Waals surface area contributed by atoms with Crippen LogP contribution in [0.1, 0.15) is 39.5 Å². The van der Waals surface area contributed by atoms with E-state index in [-0.39, 0.29) is 0 Å². The van der Waals surface area contributed by atoms with Crippen molar-refractivity contribution in [2.24, 2.45) is 0 Å². The van der Waals surface area contributed by atoms with Gasteiger partial charge in [0.2, 0.25) is 10.5 Å². The molecule has 0 aromatic carbocycles. The molecule has 0 unspecified atom stereocenters. The average molecular weight is 182 g/mol. The zero-order chi connectivity index (χ0) is 8.97. The molecule has 0 heterocycles. The lowest BCUT2D eigenvalue weighted by molar-refractivity contribution is 0.408. The van der Waals surface area contributed by atoms with Crippen molar-refractivity contribution in [2.75, 3.05) is 0 Å². The largest absolute Gasteiger partial charge is 0.556 e. The van der Waals surface area contributed by atoms with Gasteiger partial charge in [0.15, 0.2) is 0 Å². The first kappa shape index (κ1) is 9.58. The average Bonchev–Trinajstić information content (AvgIpc) is 2.16. The second-order valence-electron chi connectivity index (χ2n) is 3.28. The van der Waals surface area contributed by atoms with Crippen LogP contribution in [0.3, 0.4) is 0 Å². The monoisotopic (exact) mass is 182 g/mol. The zero-order valence-electron chi connectivity index (χ0n) is 8.31. The summed E-state index contributed by atoms with van der Waals surface area (Å²) in [4.78, 5) is 0. The fourth-order valence-electron chi connectivity index (χ4n) is 1.69. The van der Waals surface area contributed by atoms with Crippen molar-refractivity contribution in [1.29, 1.82) is 0 Å². The third-order valence-electron chi connectivity index (χ3n) is 2.57. The molecule has 0 aromatic rings. The molecule has 1 aliphatic rings. The highest BCUT2D eigenvalue weighted by atomic mass is 28.2. The minimum Gasteiger partial charge on any atom is -0.556 e. The summed E-state index contributed by atoms with van der Waals surface area (Å²) >= 11 is 0. The van der Waals surface area contributed by atoms with Gasteiger partial charge in [-0.15, -0.1) is 0 Å². The summed E-state index contributed by atoms with van der Waals surface area (Å²) in [6, 6.07) is 0. The third kappa shape index (κ3) is 2.00. The van der Waals surface area contributed by atoms with Crippen molar-refractivity contribution < 1.29 is 4.43 Å². The molecular weight excluding hydrogens is 164 g/mol. The van der Waals surface area contributed by atoms with E-state index in [1.165, 1.54) is 36.2 Å². The van der Waals surface area contributed by atoms with E-state index < -0.39 is 0 Å². The second-order valence-corrected chi connectivity index (χ2v) is 3.69. The normalized spacial score (nSPS) is 20.0. The van der Waals surface area contributed by atoms with Gasteiger partial charge in [0.1, 0.15) is 0 Å². The zero-order valence-corrected chi connectivity index (χ0v) is 10.3. The Bertz CT molecular complexity index is 216. The predicted octanol–water partition coefficient (Wildman–Crippen LogP) is 2.08. The van der Waals surface area contributed by atoms with E-state index in [2.05, 4.69) is 19.9 Å². The molecule has 68 valence electrons. The predicted molar refractivity (Wildman–Crippen MR) is 55.9 cm³/mol. The van der Waals surface area contributed by atoms with Crippen LogP contribution < -0.4 is 0 Å². The maximum atomic E-state index is 5.50. The highest BCUT2D eigenvalue weighted by Gasteiger charge is 2.12. The molecule has 1 aliphatic carbocycles. The Balaban J connectivity index is 2.87. The van der Waals surface area contributed by atoms with E-state index in [1.54, 1.807) is 0 Å². The lowest BCUT2D eigenvalue weighted by atomic mass is 9.93. The topological polar surface area (TPSA) is 9.23 Å². The fourth-order valence-corrected chi connectivity index (χ4v) is 2.14. The van der Waals surface area contributed by atoms with Gasteiger partial charge in [-0.05, 0) is 44.3 Å². The minimum atomic E-state index is 0.831. The molecule has 1 nitrogen and oxygen atoms in total. The smallest absolute Gasteiger partial charge is 0.203 e. The first-order valence-electron chi connectivity index (χ1n) is 4.69. The van der Waals surface area contributed by atoms with Crippen LogP contribution in [-0.4, -0.2) is 10.5 Å². The van der Waals surface area contributed by atoms with E-state index in [9.17, 15) is 0 Å². The van der Waals surface area contributed by atoms with E-state index in [4.69, 9.17) is 4.43 Å². The van der Waals surface area contributed by atoms with Crippen molar-refractivity contribution in [2.45, 2.75) is 39.5 Å². The van der Waals surface area contributed by atoms with Crippen molar-refractivity contribution in [3.05, 3.63) is 23.0 Å². The summed E-state index contributed by atoms with van der Waals surface area (Å²) in [6.07, 6.45) is 7.19. The summed E-state index contributed by atoms with van der Waals surface area (Å²) in [7, 11) is 0.831. The van der Waals surface area contributed by atoms with Crippen molar-refractivity contribution in [3.63, 3.8) is 0 Å². The molecule has 12 heavy (non-hydrogen) atoms. The van der Waals surface area contributed by atoms with Crippen LogP contribution >= 0.6 is 0 Å². The Morgan fingerprint density at radius 2 is 2.08 bits per heavy atom. The third-order valence-corrected chi connectivity index (χ3v) is 3.07. The van der Waals surface area contributed by atoms with Gasteiger partial charge in [-0.1, -0.05) is 6.08 Å². The Morgan fingerprint density at radius 1 is 1.42 bits per heavy atom. The van der Waals surface area contributed by atoms with E-state index in [1.807, 2.05) is 0 Å². The van der Waals surface area contributed by atoms with Gasteiger partial charge in [-0.25, -0.2) is 0 Å². The molecule has 0 aromatic heterocycles. The van der Waals surface area contributed by atoms with Gasteiger partial charge in [-0.3, -0.25) is 0 Å². The quantitative estimate of drug-likeness (QED) is 0.594. The molecule has 0 fully saturated rings. The lowest BCUT2D eigenvalue weighted by Gasteiger charge is -2.20. The fraction of sp³-hybridized carbons (Fsp3) is 0.600. The summed E-state index contributed by atoms with van der Waals surface area (Å²) < 4.78 is 5.50. The highest BCUT2D eigenvalue weighted by Crippen LogP contribution is 2.29. The molecule has 1 rings (SSSR count). The van der Waals surface area contributed by atoms with Crippen molar-refractivity contribution >= 4 is 10.5 Å². The Hall–Kier alpha value is -0.503. The van der Waals surface area contributed by atoms with Gasteiger partial charge in [0, 0.05) is 6.42 Å². The van der Waals surface area contributed by atoms with E-state index in [0.717, 1.165) is 16.9 Å². The van der Waals surface area contributed by atoms with Crippen molar-refractivity contribution in [3.8, 4) is 0 Å². The molecule has 0 amide bonds. The van der Waals surface area contributed by atoms with Gasteiger partial charge >= 0.3 is 0 Å². The maximum Gasteiger partial charge on any atom is 0.203 e. The lowest BCUT2D eigenvalue weighted by Crippen LogP contribution is -2.03. The van der Waals surface area contributed by atoms with Gasteiger partial charge < -0.3 is 4.43 Å². The number of hydrogen-bond acceptors (Lipinski definition) is 1. The van der Waals surface area contributed by atoms with Crippen molar-refractivity contribution in [1.82, 2.24) is 0 Å². The summed E-state index contributed by atoms with van der Waals surface area (Å²) in [5, 5.41) is 0. The standard InChI is InChI=1S/C10H18OSi/c1-3-8(2)9-6-4-5-7-10(9)11-12/h3H,4-7H2,1-2,12H3. The molecule has 0 atom stereocenters. The Morgan fingerprint density at radius 3 is 2.67 bits per heavy atom. The van der Waals surface area contributed by atoms with Crippen LogP contribution in [0.2, 0.25) is 0 Å². The molecule has 0 saturated heterocycles. The second kappa shape index (κ2) is 4.50. The van der Waals surface area contributed by atoms with Gasteiger partial charge in [0.05, 0.1) is 5.76 Å². The molecule has 0 N–H and O–H groups in total. The molecule has 0 bridgehead atoms. The number of allylic oxidation sites excluding steroid dienone is 4.